The van der Waals surface area contributed by atoms with Crippen molar-refractivity contribution in [1.29, 1.82) is 0 Å². The molecular weight excluding hydrogens is 312 g/mol. The summed E-state index contributed by atoms with van der Waals surface area (Å²) in [7, 11) is 0. The lowest BCUT2D eigenvalue weighted by Gasteiger charge is -2.21. The van der Waals surface area contributed by atoms with Gasteiger partial charge in [0.2, 0.25) is 5.91 Å². The van der Waals surface area contributed by atoms with Gasteiger partial charge in [-0.25, -0.2) is 4.98 Å². The van der Waals surface area contributed by atoms with Gasteiger partial charge in [-0.05, 0) is 43.5 Å². The van der Waals surface area contributed by atoms with E-state index in [4.69, 9.17) is 4.74 Å². The minimum Gasteiger partial charge on any atom is -0.377 e. The molecule has 0 unspecified atom stereocenters. The van der Waals surface area contributed by atoms with Gasteiger partial charge in [0.25, 0.3) is 0 Å². The van der Waals surface area contributed by atoms with E-state index in [-0.39, 0.29) is 5.91 Å². The van der Waals surface area contributed by atoms with E-state index in [9.17, 15) is 4.79 Å². The molecule has 1 fully saturated rings. The first-order valence-electron chi connectivity index (χ1n) is 7.76. The fourth-order valence-corrected chi connectivity index (χ4v) is 3.38. The Kier molecular flexibility index (Phi) is 5.65. The van der Waals surface area contributed by atoms with Gasteiger partial charge in [-0.3, -0.25) is 9.89 Å². The summed E-state index contributed by atoms with van der Waals surface area (Å²) in [6.45, 7) is 0.856. The van der Waals surface area contributed by atoms with Gasteiger partial charge in [0, 0.05) is 23.6 Å². The number of aromatic amines is 1. The maximum Gasteiger partial charge on any atom is 0.234 e. The molecule has 1 amide bonds. The predicted octanol–water partition coefficient (Wildman–Crippen LogP) is 2.71. The number of H-pyrrole nitrogens is 1. The Labute approximate surface area is 139 Å². The number of benzene rings is 1. The number of rotatable bonds is 6. The van der Waals surface area contributed by atoms with Crippen molar-refractivity contribution in [3.8, 4) is 11.4 Å². The average molecular weight is 332 g/mol. The Balaban J connectivity index is 1.42. The minimum absolute atomic E-state index is 0.0122. The highest BCUT2D eigenvalue weighted by Gasteiger charge is 2.14. The largest absolute Gasteiger partial charge is 0.377 e. The predicted molar refractivity (Wildman–Crippen MR) is 91.4 cm³/mol. The molecule has 2 aromatic rings. The van der Waals surface area contributed by atoms with Crippen molar-refractivity contribution in [2.45, 2.75) is 25.4 Å². The molecule has 0 radical (unpaired) electrons. The summed E-state index contributed by atoms with van der Waals surface area (Å²) < 4.78 is 5.66. The van der Waals surface area contributed by atoms with Gasteiger partial charge >= 0.3 is 0 Å². The molecule has 3 rings (SSSR count). The fourth-order valence-electron chi connectivity index (χ4n) is 2.47. The number of thioether (sulfide) groups is 1. The van der Waals surface area contributed by atoms with Crippen LogP contribution in [0.1, 0.15) is 19.3 Å². The molecule has 0 spiro atoms. The van der Waals surface area contributed by atoms with Crippen LogP contribution in [0.2, 0.25) is 0 Å². The number of hydrogen-bond donors (Lipinski definition) is 2. The molecule has 2 heterocycles. The van der Waals surface area contributed by atoms with Crippen LogP contribution >= 0.6 is 11.8 Å². The Morgan fingerprint density at radius 2 is 2.22 bits per heavy atom. The molecule has 1 aromatic carbocycles. The molecule has 6 nitrogen and oxygen atoms in total. The quantitative estimate of drug-likeness (QED) is 0.850. The Bertz CT molecular complexity index is 610. The SMILES string of the molecule is O=C(CSC[C@@H]1CCCCO1)Nc1ccc(-c2ncn[nH]2)cc1. The van der Waals surface area contributed by atoms with Crippen LogP contribution in [0.5, 0.6) is 0 Å². The Morgan fingerprint density at radius 3 is 2.91 bits per heavy atom. The molecule has 23 heavy (non-hydrogen) atoms. The molecular formula is C16H20N4O2S. The van der Waals surface area contributed by atoms with Crippen LogP contribution in [0.4, 0.5) is 5.69 Å². The highest BCUT2D eigenvalue weighted by Crippen LogP contribution is 2.19. The first-order valence-corrected chi connectivity index (χ1v) is 8.92. The summed E-state index contributed by atoms with van der Waals surface area (Å²) in [6.07, 6.45) is 5.28. The standard InChI is InChI=1S/C16H20N4O2S/c21-15(10-23-9-14-3-1-2-8-22-14)19-13-6-4-12(5-7-13)16-17-11-18-20-16/h4-7,11,14H,1-3,8-10H2,(H,19,21)(H,17,18,20)/t14-/m0/s1. The van der Waals surface area contributed by atoms with E-state index >= 15 is 0 Å². The lowest BCUT2D eigenvalue weighted by atomic mass is 10.1. The zero-order chi connectivity index (χ0) is 15.9. The number of ether oxygens (including phenoxy) is 1. The van der Waals surface area contributed by atoms with Gasteiger partial charge in [0.05, 0.1) is 11.9 Å². The Morgan fingerprint density at radius 1 is 1.35 bits per heavy atom. The zero-order valence-electron chi connectivity index (χ0n) is 12.8. The van der Waals surface area contributed by atoms with Gasteiger partial charge in [0.15, 0.2) is 5.82 Å². The van der Waals surface area contributed by atoms with Crippen molar-refractivity contribution >= 4 is 23.4 Å². The minimum atomic E-state index is 0.0122. The zero-order valence-corrected chi connectivity index (χ0v) is 13.6. The third-order valence-electron chi connectivity index (χ3n) is 3.67. The fraction of sp³-hybridized carbons (Fsp3) is 0.438. The lowest BCUT2D eigenvalue weighted by molar-refractivity contribution is -0.113. The van der Waals surface area contributed by atoms with Gasteiger partial charge in [0.1, 0.15) is 6.33 Å². The molecule has 1 aliphatic rings. The topological polar surface area (TPSA) is 79.9 Å². The maximum atomic E-state index is 12.0. The molecule has 1 aliphatic heterocycles. The average Bonchev–Trinajstić information content (AvgIpc) is 3.11. The normalized spacial score (nSPS) is 17.8. The van der Waals surface area contributed by atoms with Crippen molar-refractivity contribution in [3.05, 3.63) is 30.6 Å². The van der Waals surface area contributed by atoms with Crippen LogP contribution in [0.15, 0.2) is 30.6 Å². The molecule has 1 atom stereocenters. The molecule has 1 saturated heterocycles. The van der Waals surface area contributed by atoms with E-state index in [2.05, 4.69) is 20.5 Å². The van der Waals surface area contributed by atoms with Gasteiger partial charge in [-0.2, -0.15) is 5.10 Å². The summed E-state index contributed by atoms with van der Waals surface area (Å²) in [5.41, 5.74) is 1.72. The molecule has 122 valence electrons. The first-order chi connectivity index (χ1) is 11.3. The number of nitrogens with zero attached hydrogens (tertiary/aromatic N) is 2. The van der Waals surface area contributed by atoms with E-state index in [0.717, 1.165) is 36.5 Å². The molecule has 0 bridgehead atoms. The van der Waals surface area contributed by atoms with Crippen molar-refractivity contribution in [2.24, 2.45) is 0 Å². The van der Waals surface area contributed by atoms with E-state index in [1.165, 1.54) is 12.7 Å². The maximum absolute atomic E-state index is 12.0. The molecule has 2 N–H and O–H groups in total. The second kappa shape index (κ2) is 8.12. The molecule has 1 aromatic heterocycles. The monoisotopic (exact) mass is 332 g/mol. The lowest BCUT2D eigenvalue weighted by Crippen LogP contribution is -2.22. The number of aromatic nitrogens is 3. The number of hydrogen-bond acceptors (Lipinski definition) is 5. The van der Waals surface area contributed by atoms with Crippen LogP contribution in [0.3, 0.4) is 0 Å². The van der Waals surface area contributed by atoms with Crippen molar-refractivity contribution in [3.63, 3.8) is 0 Å². The van der Waals surface area contributed by atoms with Gasteiger partial charge in [-0.15, -0.1) is 11.8 Å². The third kappa shape index (κ3) is 4.80. The molecule has 0 saturated carbocycles. The second-order valence-corrected chi connectivity index (χ2v) is 6.49. The van der Waals surface area contributed by atoms with Crippen molar-refractivity contribution in [1.82, 2.24) is 15.2 Å². The summed E-state index contributed by atoms with van der Waals surface area (Å²) >= 11 is 1.63. The molecule has 0 aliphatic carbocycles. The summed E-state index contributed by atoms with van der Waals surface area (Å²) in [6, 6.07) is 7.54. The van der Waals surface area contributed by atoms with Crippen LogP contribution in [0.25, 0.3) is 11.4 Å². The number of anilines is 1. The Hall–Kier alpha value is -1.86. The summed E-state index contributed by atoms with van der Waals surface area (Å²) in [4.78, 5) is 16.1. The summed E-state index contributed by atoms with van der Waals surface area (Å²) in [5, 5.41) is 9.54. The highest BCUT2D eigenvalue weighted by atomic mass is 32.2. The van der Waals surface area contributed by atoms with Gasteiger partial charge in [-0.1, -0.05) is 0 Å². The van der Waals surface area contributed by atoms with Crippen LogP contribution < -0.4 is 5.32 Å². The van der Waals surface area contributed by atoms with Crippen LogP contribution in [0, 0.1) is 0 Å². The van der Waals surface area contributed by atoms with E-state index in [1.54, 1.807) is 11.8 Å². The smallest absolute Gasteiger partial charge is 0.234 e. The van der Waals surface area contributed by atoms with Crippen molar-refractivity contribution < 1.29 is 9.53 Å². The van der Waals surface area contributed by atoms with E-state index in [1.807, 2.05) is 24.3 Å². The first kappa shape index (κ1) is 16.0. The highest BCUT2D eigenvalue weighted by molar-refractivity contribution is 8.00. The van der Waals surface area contributed by atoms with Crippen LogP contribution in [-0.4, -0.2) is 45.3 Å². The van der Waals surface area contributed by atoms with Gasteiger partial charge < -0.3 is 10.1 Å². The summed E-state index contributed by atoms with van der Waals surface area (Å²) in [5.74, 6) is 2.06. The number of amides is 1. The third-order valence-corrected chi connectivity index (χ3v) is 4.74. The van der Waals surface area contributed by atoms with E-state index < -0.39 is 0 Å². The number of nitrogens with one attached hydrogen (secondary N) is 2. The van der Waals surface area contributed by atoms with E-state index in [0.29, 0.717) is 17.7 Å². The number of carbonyl (C=O) groups excluding carboxylic acids is 1. The number of carbonyl (C=O) groups is 1. The second-order valence-electron chi connectivity index (χ2n) is 5.46. The van der Waals surface area contributed by atoms with Crippen molar-refractivity contribution in [2.75, 3.05) is 23.4 Å². The molecule has 7 heteroatoms. The van der Waals surface area contributed by atoms with Crippen LogP contribution in [-0.2, 0) is 9.53 Å².